The molecule has 3 aromatic heterocycles. The Morgan fingerprint density at radius 1 is 0.950 bits per heavy atom. The van der Waals surface area contributed by atoms with E-state index < -0.39 is 9.84 Å². The Morgan fingerprint density at radius 2 is 1.82 bits per heavy atom. The highest BCUT2D eigenvalue weighted by atomic mass is 32.2. The molecule has 6 rings (SSSR count). The third-order valence-corrected chi connectivity index (χ3v) is 8.61. The molecule has 6 aromatic rings. The molecular weight excluding hydrogens is 541 g/mol. The quantitative estimate of drug-likeness (QED) is 0.206. The third-order valence-electron chi connectivity index (χ3n) is 6.62. The minimum atomic E-state index is -2.97. The molecule has 0 spiro atoms. The van der Waals surface area contributed by atoms with Gasteiger partial charge in [0.1, 0.15) is 27.0 Å². The second-order valence-electron chi connectivity index (χ2n) is 9.72. The first-order valence-electron chi connectivity index (χ1n) is 12.9. The van der Waals surface area contributed by atoms with Gasteiger partial charge in [0.25, 0.3) is 0 Å². The van der Waals surface area contributed by atoms with Crippen LogP contribution in [0.15, 0.2) is 91.5 Å². The van der Waals surface area contributed by atoms with Gasteiger partial charge >= 0.3 is 0 Å². The molecule has 0 aliphatic rings. The molecule has 0 atom stereocenters. The molecule has 40 heavy (non-hydrogen) atoms. The van der Waals surface area contributed by atoms with E-state index in [1.807, 2.05) is 30.5 Å². The average Bonchev–Trinajstić information content (AvgIpc) is 3.58. The van der Waals surface area contributed by atoms with Crippen LogP contribution in [0.1, 0.15) is 10.4 Å². The fourth-order valence-electron chi connectivity index (χ4n) is 4.61. The number of nitrogens with one attached hydrogen (secondary N) is 2. The molecule has 202 valence electrons. The molecule has 0 unspecified atom stereocenters. The predicted molar refractivity (Wildman–Crippen MR) is 163 cm³/mol. The number of aromatic nitrogens is 4. The van der Waals surface area contributed by atoms with Crippen LogP contribution >= 0.6 is 11.3 Å². The summed E-state index contributed by atoms with van der Waals surface area (Å²) in [6, 6.07) is 25.0. The van der Waals surface area contributed by atoms with E-state index in [1.54, 1.807) is 17.7 Å². The first-order chi connectivity index (χ1) is 19.4. The van der Waals surface area contributed by atoms with Gasteiger partial charge < -0.3 is 15.2 Å². The molecule has 0 amide bonds. The lowest BCUT2D eigenvalue weighted by atomic mass is 10.1. The van der Waals surface area contributed by atoms with Crippen molar-refractivity contribution in [1.82, 2.24) is 24.8 Å². The van der Waals surface area contributed by atoms with Crippen LogP contribution < -0.4 is 10.6 Å². The summed E-state index contributed by atoms with van der Waals surface area (Å²) in [6.45, 7) is 1.83. The molecule has 0 radical (unpaired) electrons. The monoisotopic (exact) mass is 568 g/mol. The zero-order chi connectivity index (χ0) is 27.5. The molecule has 0 aliphatic heterocycles. The van der Waals surface area contributed by atoms with Gasteiger partial charge in [-0.2, -0.15) is 0 Å². The summed E-state index contributed by atoms with van der Waals surface area (Å²) < 4.78 is 24.9. The second kappa shape index (κ2) is 11.2. The maximum Gasteiger partial charge on any atom is 0.148 e. The molecule has 0 fully saturated rings. The van der Waals surface area contributed by atoms with Crippen molar-refractivity contribution in [2.45, 2.75) is 13.1 Å². The van der Waals surface area contributed by atoms with Gasteiger partial charge in [-0.3, -0.25) is 0 Å². The van der Waals surface area contributed by atoms with Gasteiger partial charge in [-0.05, 0) is 42.0 Å². The number of benzene rings is 3. The first kappa shape index (κ1) is 26.1. The fourth-order valence-corrected chi connectivity index (χ4v) is 6.01. The van der Waals surface area contributed by atoms with E-state index in [2.05, 4.69) is 84.9 Å². The van der Waals surface area contributed by atoms with E-state index in [4.69, 9.17) is 0 Å². The molecule has 3 heterocycles. The number of thiazole rings is 1. The van der Waals surface area contributed by atoms with Gasteiger partial charge in [-0.25, -0.2) is 23.4 Å². The highest BCUT2D eigenvalue weighted by Gasteiger charge is 2.11. The maximum atomic E-state index is 11.3. The van der Waals surface area contributed by atoms with Crippen LogP contribution in [-0.2, 0) is 22.9 Å². The van der Waals surface area contributed by atoms with Crippen molar-refractivity contribution in [2.75, 3.05) is 23.9 Å². The summed E-state index contributed by atoms with van der Waals surface area (Å²) in [5.74, 6) is 0.864. The topological polar surface area (TPSA) is 102 Å². The van der Waals surface area contributed by atoms with Gasteiger partial charge in [0.05, 0.1) is 11.3 Å². The predicted octanol–water partition coefficient (Wildman–Crippen LogP) is 5.63. The summed E-state index contributed by atoms with van der Waals surface area (Å²) in [5, 5.41) is 9.62. The van der Waals surface area contributed by atoms with Crippen molar-refractivity contribution in [2.24, 2.45) is 0 Å². The maximum absolute atomic E-state index is 11.3. The van der Waals surface area contributed by atoms with Crippen LogP contribution in [0.2, 0.25) is 0 Å². The Bertz CT molecular complexity index is 1900. The van der Waals surface area contributed by atoms with E-state index >= 15 is 0 Å². The highest BCUT2D eigenvalue weighted by molar-refractivity contribution is 7.90. The Hall–Kier alpha value is -4.12. The largest absolute Gasteiger partial charge is 0.343 e. The van der Waals surface area contributed by atoms with Crippen molar-refractivity contribution in [3.05, 3.63) is 102 Å². The molecule has 0 aliphatic carbocycles. The third kappa shape index (κ3) is 6.04. The van der Waals surface area contributed by atoms with Crippen LogP contribution in [0, 0.1) is 0 Å². The Balaban J connectivity index is 1.17. The fraction of sp³-hybridized carbons (Fsp3) is 0.167. The molecule has 0 saturated heterocycles. The van der Waals surface area contributed by atoms with Crippen LogP contribution in [0.25, 0.3) is 32.4 Å². The molecule has 0 bridgehead atoms. The molecular formula is C30H28N6O2S2. The van der Waals surface area contributed by atoms with Crippen LogP contribution in [0.4, 0.5) is 11.5 Å². The SMILES string of the molecule is CS(=O)(=O)CCNCc1cnc(-c2ccc3c(Nc4ccc5c(ccn5Cc5ccccc5)c4)ncnc3c2)s1. The highest BCUT2D eigenvalue weighted by Crippen LogP contribution is 2.31. The van der Waals surface area contributed by atoms with Crippen molar-refractivity contribution in [3.8, 4) is 10.6 Å². The number of hydrogen-bond acceptors (Lipinski definition) is 8. The minimum absolute atomic E-state index is 0.119. The molecule has 3 aromatic carbocycles. The van der Waals surface area contributed by atoms with Gasteiger partial charge in [0.15, 0.2) is 0 Å². The zero-order valence-electron chi connectivity index (χ0n) is 21.9. The van der Waals surface area contributed by atoms with E-state index in [0.717, 1.165) is 49.8 Å². The smallest absolute Gasteiger partial charge is 0.148 e. The van der Waals surface area contributed by atoms with Crippen molar-refractivity contribution in [1.29, 1.82) is 0 Å². The summed E-state index contributed by atoms with van der Waals surface area (Å²) in [4.78, 5) is 14.6. The van der Waals surface area contributed by atoms with Crippen LogP contribution in [0.3, 0.4) is 0 Å². The van der Waals surface area contributed by atoms with Gasteiger partial charge in [-0.15, -0.1) is 11.3 Å². The molecule has 8 nitrogen and oxygen atoms in total. The number of nitrogens with zero attached hydrogens (tertiary/aromatic N) is 4. The van der Waals surface area contributed by atoms with E-state index in [0.29, 0.717) is 13.1 Å². The summed E-state index contributed by atoms with van der Waals surface area (Å²) in [6.07, 6.45) is 6.77. The second-order valence-corrected chi connectivity index (χ2v) is 13.1. The van der Waals surface area contributed by atoms with Crippen molar-refractivity contribution < 1.29 is 8.42 Å². The summed E-state index contributed by atoms with van der Waals surface area (Å²) in [7, 11) is -2.97. The van der Waals surface area contributed by atoms with Crippen LogP contribution in [0.5, 0.6) is 0 Å². The van der Waals surface area contributed by atoms with Crippen molar-refractivity contribution in [3.63, 3.8) is 0 Å². The summed E-state index contributed by atoms with van der Waals surface area (Å²) in [5.41, 5.74) is 5.21. The Morgan fingerprint density at radius 3 is 2.67 bits per heavy atom. The van der Waals surface area contributed by atoms with Gasteiger partial charge in [0.2, 0.25) is 0 Å². The van der Waals surface area contributed by atoms with Crippen molar-refractivity contribution >= 4 is 54.5 Å². The lowest BCUT2D eigenvalue weighted by Crippen LogP contribution is -2.21. The van der Waals surface area contributed by atoms with Crippen LogP contribution in [-0.4, -0.2) is 46.5 Å². The average molecular weight is 569 g/mol. The molecule has 2 N–H and O–H groups in total. The normalized spacial score (nSPS) is 11.8. The van der Waals surface area contributed by atoms with E-state index in [9.17, 15) is 8.42 Å². The lowest BCUT2D eigenvalue weighted by molar-refractivity contribution is 0.596. The zero-order valence-corrected chi connectivity index (χ0v) is 23.5. The number of anilines is 2. The standard InChI is InChI=1S/C30H28N6O2S2/c1-40(37,38)14-12-31-17-25-18-32-30(39-25)23-7-9-26-27(16-23)33-20-34-29(26)35-24-8-10-28-22(15-24)11-13-36(28)19-21-5-3-2-4-6-21/h2-11,13,15-16,18,20,31H,12,14,17,19H2,1H3,(H,33,34,35). The Labute approximate surface area is 236 Å². The molecule has 0 saturated carbocycles. The van der Waals surface area contributed by atoms with E-state index in [-0.39, 0.29) is 5.75 Å². The number of rotatable bonds is 10. The lowest BCUT2D eigenvalue weighted by Gasteiger charge is -2.10. The van der Waals surface area contributed by atoms with Gasteiger partial charge in [0, 0.05) is 70.7 Å². The number of hydrogen-bond donors (Lipinski definition) is 2. The van der Waals surface area contributed by atoms with E-state index in [1.165, 1.54) is 17.3 Å². The first-order valence-corrected chi connectivity index (χ1v) is 15.8. The van der Waals surface area contributed by atoms with Gasteiger partial charge in [-0.1, -0.05) is 36.4 Å². The number of fused-ring (bicyclic) bond motifs is 2. The minimum Gasteiger partial charge on any atom is -0.343 e. The Kier molecular flexibility index (Phi) is 7.29. The summed E-state index contributed by atoms with van der Waals surface area (Å²) >= 11 is 1.58. The number of sulfone groups is 1. The molecule has 10 heteroatoms.